The van der Waals surface area contributed by atoms with E-state index in [4.69, 9.17) is 0 Å². The Balaban J connectivity index is 2.01. The van der Waals surface area contributed by atoms with Gasteiger partial charge in [-0.3, -0.25) is 4.79 Å². The molecule has 1 aromatic carbocycles. The molecular weight excluding hydrogens is 298 g/mol. The van der Waals surface area contributed by atoms with Gasteiger partial charge in [-0.25, -0.2) is 8.42 Å². The summed E-state index contributed by atoms with van der Waals surface area (Å²) in [5.74, 6) is -0.445. The molecule has 1 aliphatic rings. The van der Waals surface area contributed by atoms with Crippen molar-refractivity contribution < 1.29 is 13.2 Å². The third-order valence-corrected chi connectivity index (χ3v) is 6.48. The fourth-order valence-corrected chi connectivity index (χ4v) is 4.24. The number of benzene rings is 1. The van der Waals surface area contributed by atoms with Crippen LogP contribution in [0.5, 0.6) is 0 Å². The van der Waals surface area contributed by atoms with Crippen molar-refractivity contribution in [1.29, 1.82) is 0 Å². The Morgan fingerprint density at radius 1 is 1.23 bits per heavy atom. The van der Waals surface area contributed by atoms with Crippen molar-refractivity contribution in [2.75, 3.05) is 0 Å². The first-order valence-corrected chi connectivity index (χ1v) is 9.68. The molecule has 0 spiro atoms. The van der Waals surface area contributed by atoms with Gasteiger partial charge >= 0.3 is 0 Å². The van der Waals surface area contributed by atoms with Crippen LogP contribution in [0, 0.1) is 6.92 Å². The third-order valence-electron chi connectivity index (χ3n) is 4.48. The molecular formula is C17H25NO3S. The van der Waals surface area contributed by atoms with E-state index in [0.717, 1.165) is 36.8 Å². The van der Waals surface area contributed by atoms with Gasteiger partial charge in [-0.15, -0.1) is 0 Å². The minimum absolute atomic E-state index is 0.0844. The summed E-state index contributed by atoms with van der Waals surface area (Å²) in [6.07, 6.45) is 5.32. The highest BCUT2D eigenvalue weighted by molar-refractivity contribution is 7.92. The van der Waals surface area contributed by atoms with Crippen molar-refractivity contribution in [3.05, 3.63) is 35.4 Å². The van der Waals surface area contributed by atoms with Crippen LogP contribution in [0.2, 0.25) is 0 Å². The monoisotopic (exact) mass is 323 g/mol. The molecule has 0 radical (unpaired) electrons. The standard InChI is InChI=1S/C17H25NO3S/c1-13-8-6-7-9-15(13)12-22(20,21)14(2)17(19)18-16-10-4-3-5-11-16/h6-9,14,16H,3-5,10-12H2,1-2H3,(H,18,19)/t14-/m1/s1. The zero-order chi connectivity index (χ0) is 16.2. The largest absolute Gasteiger partial charge is 0.352 e. The van der Waals surface area contributed by atoms with Crippen LogP contribution in [0.25, 0.3) is 0 Å². The average molecular weight is 323 g/mol. The molecule has 22 heavy (non-hydrogen) atoms. The van der Waals surface area contributed by atoms with Crippen LogP contribution in [0.15, 0.2) is 24.3 Å². The molecule has 1 N–H and O–H groups in total. The number of carbonyl (C=O) groups is 1. The van der Waals surface area contributed by atoms with Crippen LogP contribution < -0.4 is 5.32 Å². The van der Waals surface area contributed by atoms with E-state index in [1.165, 1.54) is 13.3 Å². The van der Waals surface area contributed by atoms with E-state index in [1.807, 2.05) is 25.1 Å². The van der Waals surface area contributed by atoms with Crippen molar-refractivity contribution in [3.8, 4) is 0 Å². The smallest absolute Gasteiger partial charge is 0.238 e. The van der Waals surface area contributed by atoms with E-state index >= 15 is 0 Å². The van der Waals surface area contributed by atoms with Gasteiger partial charge in [0.05, 0.1) is 5.75 Å². The zero-order valence-corrected chi connectivity index (χ0v) is 14.2. The van der Waals surface area contributed by atoms with Gasteiger partial charge in [0.25, 0.3) is 0 Å². The second kappa shape index (κ2) is 7.27. The molecule has 4 nitrogen and oxygen atoms in total. The summed E-state index contributed by atoms with van der Waals surface area (Å²) in [6, 6.07) is 7.53. The maximum atomic E-state index is 12.5. The normalized spacial score (nSPS) is 17.9. The molecule has 1 fully saturated rings. The molecule has 1 atom stereocenters. The highest BCUT2D eigenvalue weighted by Gasteiger charge is 2.30. The Kier molecular flexibility index (Phi) is 5.62. The van der Waals surface area contributed by atoms with Gasteiger partial charge in [0, 0.05) is 6.04 Å². The molecule has 0 unspecified atom stereocenters. The van der Waals surface area contributed by atoms with E-state index in [1.54, 1.807) is 6.07 Å². The summed E-state index contributed by atoms with van der Waals surface area (Å²) in [6.45, 7) is 3.38. The number of sulfone groups is 1. The Morgan fingerprint density at radius 3 is 2.50 bits per heavy atom. The predicted octanol–water partition coefficient (Wildman–Crippen LogP) is 2.75. The van der Waals surface area contributed by atoms with Crippen molar-refractivity contribution >= 4 is 15.7 Å². The van der Waals surface area contributed by atoms with E-state index < -0.39 is 15.1 Å². The van der Waals surface area contributed by atoms with Gasteiger partial charge in [-0.1, -0.05) is 43.5 Å². The van der Waals surface area contributed by atoms with Crippen LogP contribution >= 0.6 is 0 Å². The van der Waals surface area contributed by atoms with Gasteiger partial charge in [-0.05, 0) is 37.8 Å². The lowest BCUT2D eigenvalue weighted by Crippen LogP contribution is -2.44. The Hall–Kier alpha value is -1.36. The summed E-state index contributed by atoms with van der Waals surface area (Å²) in [4.78, 5) is 12.2. The lowest BCUT2D eigenvalue weighted by Gasteiger charge is -2.24. The second-order valence-corrected chi connectivity index (χ2v) is 8.54. The van der Waals surface area contributed by atoms with E-state index in [-0.39, 0.29) is 17.7 Å². The minimum Gasteiger partial charge on any atom is -0.352 e. The summed E-state index contributed by atoms with van der Waals surface area (Å²) < 4.78 is 24.9. The van der Waals surface area contributed by atoms with Crippen LogP contribution in [-0.2, 0) is 20.4 Å². The van der Waals surface area contributed by atoms with Gasteiger partial charge in [0.1, 0.15) is 5.25 Å². The number of aryl methyl sites for hydroxylation is 1. The molecule has 0 bridgehead atoms. The number of nitrogens with one attached hydrogen (secondary N) is 1. The van der Waals surface area contributed by atoms with E-state index in [2.05, 4.69) is 5.32 Å². The predicted molar refractivity (Wildman–Crippen MR) is 88.3 cm³/mol. The second-order valence-electron chi connectivity index (χ2n) is 6.22. The van der Waals surface area contributed by atoms with Crippen LogP contribution in [-0.4, -0.2) is 25.6 Å². The van der Waals surface area contributed by atoms with Crippen LogP contribution in [0.3, 0.4) is 0 Å². The molecule has 1 saturated carbocycles. The minimum atomic E-state index is -3.50. The Bertz CT molecular complexity index is 619. The van der Waals surface area contributed by atoms with E-state index in [9.17, 15) is 13.2 Å². The van der Waals surface area contributed by atoms with Crippen molar-refractivity contribution in [2.45, 2.75) is 63.0 Å². The molecule has 1 amide bonds. The number of rotatable bonds is 5. The number of amides is 1. The Morgan fingerprint density at radius 2 is 1.86 bits per heavy atom. The van der Waals surface area contributed by atoms with Crippen molar-refractivity contribution in [2.24, 2.45) is 0 Å². The van der Waals surface area contributed by atoms with Crippen molar-refractivity contribution in [3.63, 3.8) is 0 Å². The highest BCUT2D eigenvalue weighted by atomic mass is 32.2. The van der Waals surface area contributed by atoms with Crippen LogP contribution in [0.1, 0.15) is 50.2 Å². The summed E-state index contributed by atoms with van der Waals surface area (Å²) >= 11 is 0. The molecule has 0 saturated heterocycles. The fraction of sp³-hybridized carbons (Fsp3) is 0.588. The molecule has 0 aliphatic heterocycles. The number of hydrogen-bond acceptors (Lipinski definition) is 3. The molecule has 0 heterocycles. The van der Waals surface area contributed by atoms with Gasteiger partial charge in [0.15, 0.2) is 9.84 Å². The molecule has 1 aromatic rings. The van der Waals surface area contributed by atoms with Gasteiger partial charge < -0.3 is 5.32 Å². The Labute approximate surface area is 133 Å². The molecule has 0 aromatic heterocycles. The summed E-state index contributed by atoms with van der Waals surface area (Å²) in [5.41, 5.74) is 1.70. The number of carbonyl (C=O) groups excluding carboxylic acids is 1. The van der Waals surface area contributed by atoms with Crippen molar-refractivity contribution in [1.82, 2.24) is 5.32 Å². The highest BCUT2D eigenvalue weighted by Crippen LogP contribution is 2.19. The zero-order valence-electron chi connectivity index (χ0n) is 13.3. The molecule has 5 heteroatoms. The van der Waals surface area contributed by atoms with E-state index in [0.29, 0.717) is 0 Å². The summed E-state index contributed by atoms with van der Waals surface area (Å²) in [5, 5.41) is 1.90. The maximum Gasteiger partial charge on any atom is 0.238 e. The first-order chi connectivity index (χ1) is 10.4. The summed E-state index contributed by atoms with van der Waals surface area (Å²) in [7, 11) is -3.50. The molecule has 1 aliphatic carbocycles. The first kappa shape index (κ1) is 17.0. The molecule has 2 rings (SSSR count). The number of hydrogen-bond donors (Lipinski definition) is 1. The van der Waals surface area contributed by atoms with Crippen LogP contribution in [0.4, 0.5) is 0 Å². The lowest BCUT2D eigenvalue weighted by atomic mass is 9.95. The topological polar surface area (TPSA) is 63.2 Å². The first-order valence-electron chi connectivity index (χ1n) is 7.96. The SMILES string of the molecule is Cc1ccccc1CS(=O)(=O)[C@H](C)C(=O)NC1CCCCC1. The molecule has 122 valence electrons. The lowest BCUT2D eigenvalue weighted by molar-refractivity contribution is -0.121. The quantitative estimate of drug-likeness (QED) is 0.906. The fourth-order valence-electron chi connectivity index (χ4n) is 2.84. The maximum absolute atomic E-state index is 12.5. The average Bonchev–Trinajstić information content (AvgIpc) is 2.49. The van der Waals surface area contributed by atoms with Gasteiger partial charge in [-0.2, -0.15) is 0 Å². The third kappa shape index (κ3) is 4.32. The van der Waals surface area contributed by atoms with Gasteiger partial charge in [0.2, 0.25) is 5.91 Å².